The molecule has 0 fully saturated rings. The molecule has 8 nitrogen and oxygen atoms in total. The van der Waals surface area contributed by atoms with Crippen molar-refractivity contribution in [1.82, 2.24) is 9.55 Å². The molecule has 0 saturated heterocycles. The highest BCUT2D eigenvalue weighted by Gasteiger charge is 2.22. The van der Waals surface area contributed by atoms with E-state index in [0.717, 1.165) is 95.5 Å². The summed E-state index contributed by atoms with van der Waals surface area (Å²) in [4.78, 5) is 21.2. The zero-order chi connectivity index (χ0) is 35.5. The van der Waals surface area contributed by atoms with Crippen molar-refractivity contribution < 1.29 is 18.8 Å². The van der Waals surface area contributed by atoms with Crippen LogP contribution in [-0.2, 0) is 33.0 Å². The standard InChI is InChI=1S/C41H52N4O4S/c1-6-8-22-48-23-24-49-37-14-9-32(10-15-37)33-11-18-39-35(25-33)26-34(19-21-44(39)27-30(3)4)41(46)43-36-12-16-38(17-13-36)50(47)28-40-31(5)42-29-45(40)20-7-2/h9-18,25-26,29-30H,6-8,19-24,27-28H2,1-5H3,(H,43,46). The molecule has 0 saturated carbocycles. The molecule has 1 aliphatic rings. The fourth-order valence-corrected chi connectivity index (χ4v) is 7.36. The van der Waals surface area contributed by atoms with Crippen LogP contribution in [0.4, 0.5) is 11.4 Å². The Balaban J connectivity index is 1.28. The average molecular weight is 697 g/mol. The third-order valence-corrected chi connectivity index (χ3v) is 10.1. The van der Waals surface area contributed by atoms with Crippen LogP contribution in [0.3, 0.4) is 0 Å². The summed E-state index contributed by atoms with van der Waals surface area (Å²) in [5.74, 6) is 1.58. The number of imidazole rings is 1. The first-order valence-corrected chi connectivity index (χ1v) is 19.3. The molecule has 266 valence electrons. The number of carbonyl (C=O) groups is 1. The second-order valence-electron chi connectivity index (χ2n) is 13.3. The summed E-state index contributed by atoms with van der Waals surface area (Å²) in [6.45, 7) is 15.1. The van der Waals surface area contributed by atoms with Crippen molar-refractivity contribution in [3.8, 4) is 16.9 Å². The molecule has 1 unspecified atom stereocenters. The lowest BCUT2D eigenvalue weighted by Crippen LogP contribution is -2.29. The Bertz CT molecular complexity index is 1720. The molecule has 3 aromatic carbocycles. The van der Waals surface area contributed by atoms with Crippen LogP contribution in [0.5, 0.6) is 5.75 Å². The van der Waals surface area contributed by atoms with Gasteiger partial charge in [-0.2, -0.15) is 0 Å². The second kappa shape index (κ2) is 18.3. The Kier molecular flexibility index (Phi) is 13.6. The fraction of sp³-hybridized carbons (Fsp3) is 0.415. The van der Waals surface area contributed by atoms with Gasteiger partial charge in [0.1, 0.15) is 12.4 Å². The lowest BCUT2D eigenvalue weighted by Gasteiger charge is -2.27. The number of ether oxygens (including phenoxy) is 2. The molecule has 1 aliphatic heterocycles. The lowest BCUT2D eigenvalue weighted by atomic mass is 10.00. The van der Waals surface area contributed by atoms with E-state index >= 15 is 0 Å². The molecule has 0 bridgehead atoms. The SMILES string of the molecule is CCCCOCCOc1ccc(-c2ccc3c(c2)C=C(C(=O)Nc2ccc([S+]([O-])Cc4c(C)ncn4CCC)cc2)CCN3CC(C)C)cc1. The van der Waals surface area contributed by atoms with E-state index in [0.29, 0.717) is 37.0 Å². The van der Waals surface area contributed by atoms with Crippen LogP contribution < -0.4 is 15.0 Å². The molecule has 0 spiro atoms. The van der Waals surface area contributed by atoms with Gasteiger partial charge in [0, 0.05) is 43.2 Å². The minimum absolute atomic E-state index is 0.124. The predicted octanol–water partition coefficient (Wildman–Crippen LogP) is 8.66. The van der Waals surface area contributed by atoms with E-state index in [1.54, 1.807) is 0 Å². The third-order valence-electron chi connectivity index (χ3n) is 8.81. The van der Waals surface area contributed by atoms with Gasteiger partial charge in [0.15, 0.2) is 10.6 Å². The first-order chi connectivity index (χ1) is 24.2. The van der Waals surface area contributed by atoms with Crippen molar-refractivity contribution in [2.24, 2.45) is 5.92 Å². The summed E-state index contributed by atoms with van der Waals surface area (Å²) in [5, 5.41) is 3.09. The van der Waals surface area contributed by atoms with E-state index in [4.69, 9.17) is 9.47 Å². The van der Waals surface area contributed by atoms with Crippen molar-refractivity contribution in [1.29, 1.82) is 0 Å². The summed E-state index contributed by atoms with van der Waals surface area (Å²) in [5.41, 5.74) is 7.65. The molecule has 4 aromatic rings. The maximum Gasteiger partial charge on any atom is 0.251 e. The number of hydrogen-bond donors (Lipinski definition) is 1. The molecule has 5 rings (SSSR count). The minimum atomic E-state index is -1.22. The van der Waals surface area contributed by atoms with Crippen LogP contribution in [0.25, 0.3) is 17.2 Å². The second-order valence-corrected chi connectivity index (χ2v) is 14.8. The van der Waals surface area contributed by atoms with Gasteiger partial charge in [-0.3, -0.25) is 4.79 Å². The lowest BCUT2D eigenvalue weighted by molar-refractivity contribution is -0.112. The highest BCUT2D eigenvalue weighted by molar-refractivity contribution is 7.90. The van der Waals surface area contributed by atoms with E-state index < -0.39 is 11.2 Å². The summed E-state index contributed by atoms with van der Waals surface area (Å²) >= 11 is -1.22. The molecule has 2 heterocycles. The Hall–Kier alpha value is -4.05. The topological polar surface area (TPSA) is 91.7 Å². The molecule has 1 atom stereocenters. The molecule has 0 radical (unpaired) electrons. The molecule has 1 aromatic heterocycles. The first kappa shape index (κ1) is 37.2. The van der Waals surface area contributed by atoms with Crippen molar-refractivity contribution in [2.75, 3.05) is 43.1 Å². The minimum Gasteiger partial charge on any atom is -0.611 e. The van der Waals surface area contributed by atoms with E-state index in [9.17, 15) is 9.35 Å². The summed E-state index contributed by atoms with van der Waals surface area (Å²) in [6, 6.07) is 22.0. The normalized spacial score (nSPS) is 13.5. The summed E-state index contributed by atoms with van der Waals surface area (Å²) < 4.78 is 26.8. The molecular formula is C41H52N4O4S. The number of carbonyl (C=O) groups excluding carboxylic acids is 1. The van der Waals surface area contributed by atoms with Gasteiger partial charge in [0.2, 0.25) is 0 Å². The van der Waals surface area contributed by atoms with Gasteiger partial charge in [-0.25, -0.2) is 4.98 Å². The number of benzene rings is 3. The summed E-state index contributed by atoms with van der Waals surface area (Å²) in [7, 11) is 0. The van der Waals surface area contributed by atoms with Gasteiger partial charge in [0.05, 0.1) is 24.3 Å². The van der Waals surface area contributed by atoms with Gasteiger partial charge in [-0.05, 0) is 115 Å². The molecule has 9 heteroatoms. The van der Waals surface area contributed by atoms with Crippen LogP contribution in [0.1, 0.15) is 70.3 Å². The highest BCUT2D eigenvalue weighted by Crippen LogP contribution is 2.34. The van der Waals surface area contributed by atoms with Crippen molar-refractivity contribution in [3.05, 3.63) is 95.6 Å². The Morgan fingerprint density at radius 3 is 2.46 bits per heavy atom. The number of unbranched alkanes of at least 4 members (excludes halogenated alkanes) is 1. The first-order valence-electron chi connectivity index (χ1n) is 18.0. The summed E-state index contributed by atoms with van der Waals surface area (Å²) in [6.07, 6.45) is 7.67. The van der Waals surface area contributed by atoms with Gasteiger partial charge in [-0.1, -0.05) is 52.3 Å². The molecule has 50 heavy (non-hydrogen) atoms. The number of aromatic nitrogens is 2. The van der Waals surface area contributed by atoms with Gasteiger partial charge < -0.3 is 28.8 Å². The van der Waals surface area contributed by atoms with Crippen molar-refractivity contribution in [2.45, 2.75) is 77.5 Å². The van der Waals surface area contributed by atoms with Crippen LogP contribution in [-0.4, -0.2) is 52.9 Å². The fourth-order valence-electron chi connectivity index (χ4n) is 6.13. The zero-order valence-electron chi connectivity index (χ0n) is 30.2. The molecular weight excluding hydrogens is 645 g/mol. The molecule has 0 aliphatic carbocycles. The van der Waals surface area contributed by atoms with Crippen LogP contribution >= 0.6 is 0 Å². The van der Waals surface area contributed by atoms with Crippen LogP contribution in [0.15, 0.2) is 83.5 Å². The largest absolute Gasteiger partial charge is 0.611 e. The number of nitrogens with zero attached hydrogens (tertiary/aromatic N) is 3. The molecule has 1 amide bonds. The highest BCUT2D eigenvalue weighted by atomic mass is 32.2. The van der Waals surface area contributed by atoms with Gasteiger partial charge >= 0.3 is 0 Å². The maximum absolute atomic E-state index is 13.7. The van der Waals surface area contributed by atoms with Crippen LogP contribution in [0, 0.1) is 12.8 Å². The number of hydrogen-bond acceptors (Lipinski definition) is 6. The predicted molar refractivity (Wildman–Crippen MR) is 205 cm³/mol. The number of amides is 1. The number of aryl methyl sites for hydroxylation is 2. The van der Waals surface area contributed by atoms with Crippen molar-refractivity contribution in [3.63, 3.8) is 0 Å². The Morgan fingerprint density at radius 1 is 0.980 bits per heavy atom. The average Bonchev–Trinajstić information content (AvgIpc) is 3.34. The molecule has 1 N–H and O–H groups in total. The van der Waals surface area contributed by atoms with Gasteiger partial charge in [0.25, 0.3) is 5.91 Å². The number of anilines is 2. The van der Waals surface area contributed by atoms with Crippen molar-refractivity contribution >= 4 is 34.5 Å². The number of nitrogens with one attached hydrogen (secondary N) is 1. The van der Waals surface area contributed by atoms with E-state index in [1.807, 2.05) is 55.7 Å². The Labute approximate surface area is 301 Å². The number of fused-ring (bicyclic) bond motifs is 1. The van der Waals surface area contributed by atoms with Gasteiger partial charge in [-0.15, -0.1) is 0 Å². The third kappa shape index (κ3) is 10.0. The Morgan fingerprint density at radius 2 is 1.74 bits per heavy atom. The van der Waals surface area contributed by atoms with E-state index in [2.05, 4.69) is 77.8 Å². The number of rotatable bonds is 17. The zero-order valence-corrected chi connectivity index (χ0v) is 31.1. The smallest absolute Gasteiger partial charge is 0.251 e. The van der Waals surface area contributed by atoms with E-state index in [-0.39, 0.29) is 5.91 Å². The van der Waals surface area contributed by atoms with E-state index in [1.165, 1.54) is 0 Å². The quantitative estimate of drug-likeness (QED) is 0.0878. The maximum atomic E-state index is 13.7. The monoisotopic (exact) mass is 696 g/mol. The van der Waals surface area contributed by atoms with Crippen LogP contribution in [0.2, 0.25) is 0 Å².